The monoisotopic (exact) mass is 394 g/mol. The van der Waals surface area contributed by atoms with Crippen molar-refractivity contribution < 1.29 is 24.2 Å². The second-order valence-electron chi connectivity index (χ2n) is 5.20. The van der Waals surface area contributed by atoms with Crippen molar-refractivity contribution in [2.75, 3.05) is 25.3 Å². The van der Waals surface area contributed by atoms with Gasteiger partial charge >= 0.3 is 5.97 Å². The number of hydrogen-bond donors (Lipinski definition) is 3. The van der Waals surface area contributed by atoms with Gasteiger partial charge in [-0.3, -0.25) is 19.4 Å². The second-order valence-corrected chi connectivity index (χ2v) is 6.17. The lowest BCUT2D eigenvalue weighted by Gasteiger charge is -2.11. The number of carboxylic acid groups (broad SMARTS) is 1. The summed E-state index contributed by atoms with van der Waals surface area (Å²) in [5, 5.41) is 19.0. The molecule has 27 heavy (non-hydrogen) atoms. The first-order valence-corrected chi connectivity index (χ1v) is 8.74. The first-order valence-electron chi connectivity index (χ1n) is 7.75. The number of benzene rings is 1. The van der Waals surface area contributed by atoms with E-state index < -0.39 is 11.5 Å². The van der Waals surface area contributed by atoms with Crippen LogP contribution in [-0.4, -0.2) is 52.1 Å². The molecule has 0 unspecified atom stereocenters. The lowest BCUT2D eigenvalue weighted by molar-refractivity contribution is -0.137. The van der Waals surface area contributed by atoms with E-state index in [1.165, 1.54) is 14.2 Å². The van der Waals surface area contributed by atoms with Crippen LogP contribution in [0.3, 0.4) is 0 Å². The molecule has 0 spiro atoms. The highest BCUT2D eigenvalue weighted by molar-refractivity contribution is 7.99. The second kappa shape index (κ2) is 9.57. The van der Waals surface area contributed by atoms with Crippen molar-refractivity contribution in [1.82, 2.24) is 15.2 Å². The summed E-state index contributed by atoms with van der Waals surface area (Å²) in [5.74, 6) is -0.362. The van der Waals surface area contributed by atoms with E-state index in [0.29, 0.717) is 17.2 Å². The molecule has 0 saturated carbocycles. The van der Waals surface area contributed by atoms with E-state index >= 15 is 0 Å². The lowest BCUT2D eigenvalue weighted by Crippen LogP contribution is -2.20. The lowest BCUT2D eigenvalue weighted by atomic mass is 10.2. The molecule has 0 saturated heterocycles. The van der Waals surface area contributed by atoms with E-state index in [-0.39, 0.29) is 35.4 Å². The Balaban J connectivity index is 1.97. The first kappa shape index (κ1) is 20.2. The standard InChI is InChI=1S/C16H18N4O6S/c1-25-9-3-5-12(26-2)11(7-9)17-13(21)8-27-16-18-15(24)10(19-20-16)4-6-14(22)23/h3,5,7H,4,6,8H2,1-2H3,(H,17,21)(H,22,23)(H,18,20,24). The molecule has 0 radical (unpaired) electrons. The zero-order chi connectivity index (χ0) is 19.8. The highest BCUT2D eigenvalue weighted by Gasteiger charge is 2.12. The van der Waals surface area contributed by atoms with Gasteiger partial charge < -0.3 is 19.9 Å². The Labute approximate surface area is 158 Å². The number of aromatic amines is 1. The normalized spacial score (nSPS) is 10.3. The van der Waals surface area contributed by atoms with Gasteiger partial charge in [-0.2, -0.15) is 0 Å². The van der Waals surface area contributed by atoms with Crippen LogP contribution < -0.4 is 20.3 Å². The topological polar surface area (TPSA) is 144 Å². The van der Waals surface area contributed by atoms with Crippen LogP contribution in [0.5, 0.6) is 11.5 Å². The number of hydrogen-bond acceptors (Lipinski definition) is 8. The number of anilines is 1. The number of methoxy groups -OCH3 is 2. The Morgan fingerprint density at radius 3 is 2.67 bits per heavy atom. The van der Waals surface area contributed by atoms with Gasteiger partial charge in [-0.15, -0.1) is 10.2 Å². The summed E-state index contributed by atoms with van der Waals surface area (Å²) in [7, 11) is 3.00. The quantitative estimate of drug-likeness (QED) is 0.529. The molecule has 2 aromatic rings. The van der Waals surface area contributed by atoms with Crippen molar-refractivity contribution in [2.45, 2.75) is 18.0 Å². The maximum atomic E-state index is 12.1. The van der Waals surface area contributed by atoms with Crippen LogP contribution in [0.2, 0.25) is 0 Å². The van der Waals surface area contributed by atoms with E-state index in [2.05, 4.69) is 20.5 Å². The third-order valence-corrected chi connectivity index (χ3v) is 4.20. The van der Waals surface area contributed by atoms with Gasteiger partial charge in [-0.25, -0.2) is 0 Å². The number of thioether (sulfide) groups is 1. The van der Waals surface area contributed by atoms with E-state index in [9.17, 15) is 14.4 Å². The van der Waals surface area contributed by atoms with Crippen LogP contribution in [0.4, 0.5) is 5.69 Å². The molecule has 0 atom stereocenters. The van der Waals surface area contributed by atoms with Gasteiger partial charge in [0.25, 0.3) is 5.56 Å². The van der Waals surface area contributed by atoms with Gasteiger partial charge in [0, 0.05) is 12.5 Å². The molecule has 0 fully saturated rings. The van der Waals surface area contributed by atoms with E-state index in [4.69, 9.17) is 14.6 Å². The molecule has 11 heteroatoms. The van der Waals surface area contributed by atoms with Gasteiger partial charge in [-0.1, -0.05) is 11.8 Å². The Kier molecular flexibility index (Phi) is 7.17. The van der Waals surface area contributed by atoms with Crippen LogP contribution in [0.25, 0.3) is 0 Å². The van der Waals surface area contributed by atoms with Crippen molar-refractivity contribution in [2.24, 2.45) is 0 Å². The molecule has 2 rings (SSSR count). The molecule has 1 amide bonds. The molecule has 0 bridgehead atoms. The fourth-order valence-corrected chi connectivity index (χ4v) is 2.63. The number of nitrogens with one attached hydrogen (secondary N) is 2. The molecular formula is C16H18N4O6S. The molecule has 0 aliphatic carbocycles. The number of aryl methyl sites for hydroxylation is 1. The molecule has 1 aromatic heterocycles. The maximum Gasteiger partial charge on any atom is 0.303 e. The fourth-order valence-electron chi connectivity index (χ4n) is 2.03. The molecule has 0 aliphatic rings. The Hall–Kier alpha value is -3.08. The molecular weight excluding hydrogens is 376 g/mol. The summed E-state index contributed by atoms with van der Waals surface area (Å²) in [6.45, 7) is 0. The third-order valence-electron chi connectivity index (χ3n) is 3.34. The summed E-state index contributed by atoms with van der Waals surface area (Å²) in [6.07, 6.45) is -0.228. The number of aromatic nitrogens is 3. The van der Waals surface area contributed by atoms with Crippen LogP contribution >= 0.6 is 11.8 Å². The van der Waals surface area contributed by atoms with Crippen LogP contribution in [0, 0.1) is 0 Å². The van der Waals surface area contributed by atoms with Crippen molar-refractivity contribution in [3.8, 4) is 11.5 Å². The number of carbonyl (C=O) groups is 2. The van der Waals surface area contributed by atoms with E-state index in [1.807, 2.05) is 0 Å². The van der Waals surface area contributed by atoms with Crippen LogP contribution in [0.1, 0.15) is 12.1 Å². The number of nitrogens with zero attached hydrogens (tertiary/aromatic N) is 2. The molecule has 144 valence electrons. The van der Waals surface area contributed by atoms with Crippen LogP contribution in [0.15, 0.2) is 28.2 Å². The Morgan fingerprint density at radius 2 is 2.04 bits per heavy atom. The number of amides is 1. The summed E-state index contributed by atoms with van der Waals surface area (Å²) in [4.78, 5) is 37.0. The molecule has 1 heterocycles. The van der Waals surface area contributed by atoms with Gasteiger partial charge in [0.15, 0.2) is 5.16 Å². The minimum Gasteiger partial charge on any atom is -0.497 e. The number of carbonyl (C=O) groups excluding carboxylic acids is 1. The van der Waals surface area contributed by atoms with Crippen molar-refractivity contribution in [3.63, 3.8) is 0 Å². The number of ether oxygens (including phenoxy) is 2. The van der Waals surface area contributed by atoms with E-state index in [0.717, 1.165) is 11.8 Å². The van der Waals surface area contributed by atoms with Crippen molar-refractivity contribution >= 4 is 29.3 Å². The minimum absolute atomic E-state index is 0.0151. The highest BCUT2D eigenvalue weighted by Crippen LogP contribution is 2.29. The van der Waals surface area contributed by atoms with Crippen molar-refractivity contribution in [1.29, 1.82) is 0 Å². The van der Waals surface area contributed by atoms with Crippen LogP contribution in [-0.2, 0) is 16.0 Å². The van der Waals surface area contributed by atoms with Crippen molar-refractivity contribution in [3.05, 3.63) is 34.2 Å². The third kappa shape index (κ3) is 5.99. The minimum atomic E-state index is -1.03. The average molecular weight is 394 g/mol. The summed E-state index contributed by atoms with van der Waals surface area (Å²) in [5.41, 5.74) is -0.0398. The van der Waals surface area contributed by atoms with Gasteiger partial charge in [0.2, 0.25) is 5.91 Å². The summed E-state index contributed by atoms with van der Waals surface area (Å²) < 4.78 is 10.3. The fraction of sp³-hybridized carbons (Fsp3) is 0.312. The number of aliphatic carboxylic acids is 1. The number of rotatable bonds is 9. The van der Waals surface area contributed by atoms with Gasteiger partial charge in [-0.05, 0) is 12.1 Å². The largest absolute Gasteiger partial charge is 0.497 e. The predicted octanol–water partition coefficient (Wildman–Crippen LogP) is 0.930. The zero-order valence-electron chi connectivity index (χ0n) is 14.6. The molecule has 10 nitrogen and oxygen atoms in total. The molecule has 0 aliphatic heterocycles. The summed E-state index contributed by atoms with van der Waals surface area (Å²) in [6, 6.07) is 5.00. The Morgan fingerprint density at radius 1 is 1.26 bits per heavy atom. The highest BCUT2D eigenvalue weighted by atomic mass is 32.2. The van der Waals surface area contributed by atoms with E-state index in [1.54, 1.807) is 18.2 Å². The Bertz CT molecular complexity index is 885. The smallest absolute Gasteiger partial charge is 0.303 e. The zero-order valence-corrected chi connectivity index (χ0v) is 15.5. The number of H-pyrrole nitrogens is 1. The number of carboxylic acids is 1. The maximum absolute atomic E-state index is 12.1. The first-order chi connectivity index (χ1) is 12.9. The molecule has 3 N–H and O–H groups in total. The van der Waals surface area contributed by atoms with Gasteiger partial charge in [0.1, 0.15) is 17.2 Å². The predicted molar refractivity (Wildman–Crippen MR) is 97.5 cm³/mol. The molecule has 1 aromatic carbocycles. The average Bonchev–Trinajstić information content (AvgIpc) is 2.65. The summed E-state index contributed by atoms with van der Waals surface area (Å²) >= 11 is 0.989. The SMILES string of the molecule is COc1ccc(OC)c(NC(=O)CSc2nnc(CCC(=O)O)c(=O)[nH]2)c1. The van der Waals surface area contributed by atoms with Gasteiger partial charge in [0.05, 0.1) is 32.1 Å².